The van der Waals surface area contributed by atoms with E-state index in [1.807, 2.05) is 42.4 Å². The van der Waals surface area contributed by atoms with Gasteiger partial charge >= 0.3 is 6.03 Å². The van der Waals surface area contributed by atoms with Crippen LogP contribution >= 0.6 is 0 Å². The van der Waals surface area contributed by atoms with Crippen LogP contribution in [0.5, 0.6) is 0 Å². The fourth-order valence-electron chi connectivity index (χ4n) is 3.86. The van der Waals surface area contributed by atoms with Crippen LogP contribution in [0.25, 0.3) is 11.2 Å². The Balaban J connectivity index is 1.42. The number of nitrogens with one attached hydrogen (secondary N) is 1. The predicted octanol–water partition coefficient (Wildman–Crippen LogP) is 3.99. The van der Waals surface area contributed by atoms with E-state index >= 15 is 0 Å². The zero-order valence-electron chi connectivity index (χ0n) is 15.9. The number of imidazole rings is 1. The second kappa shape index (κ2) is 7.39. The number of amides is 2. The molecule has 0 saturated carbocycles. The summed E-state index contributed by atoms with van der Waals surface area (Å²) in [5.41, 5.74) is 5.00. The standard InChI is InChI=1S/C21H25N5O/c1-15-7-8-18(16(2)11-15)24-21(27)25-10-4-5-17(12-25)13-26-14-23-19-6-3-9-22-20(19)26/h3,6-9,11,14,17H,4-5,10,12-13H2,1-2H3,(H,24,27)/t17-/m0/s1. The number of aromatic nitrogens is 3. The lowest BCUT2D eigenvalue weighted by Crippen LogP contribution is -2.43. The first-order valence-electron chi connectivity index (χ1n) is 9.49. The average molecular weight is 363 g/mol. The lowest BCUT2D eigenvalue weighted by Gasteiger charge is -2.33. The van der Waals surface area contributed by atoms with Crippen molar-refractivity contribution in [3.8, 4) is 0 Å². The first kappa shape index (κ1) is 17.5. The van der Waals surface area contributed by atoms with Crippen LogP contribution in [0.2, 0.25) is 0 Å². The van der Waals surface area contributed by atoms with Crippen molar-refractivity contribution in [3.05, 3.63) is 54.0 Å². The molecule has 1 fully saturated rings. The van der Waals surface area contributed by atoms with Crippen molar-refractivity contribution in [1.29, 1.82) is 0 Å². The minimum Gasteiger partial charge on any atom is -0.324 e. The molecule has 0 aliphatic carbocycles. The molecular weight excluding hydrogens is 338 g/mol. The summed E-state index contributed by atoms with van der Waals surface area (Å²) < 4.78 is 2.10. The highest BCUT2D eigenvalue weighted by Crippen LogP contribution is 2.22. The third-order valence-corrected chi connectivity index (χ3v) is 5.26. The molecule has 1 aromatic carbocycles. The molecule has 1 N–H and O–H groups in total. The highest BCUT2D eigenvalue weighted by atomic mass is 16.2. The monoisotopic (exact) mass is 363 g/mol. The molecule has 1 atom stereocenters. The van der Waals surface area contributed by atoms with Gasteiger partial charge in [-0.15, -0.1) is 0 Å². The Morgan fingerprint density at radius 2 is 2.15 bits per heavy atom. The van der Waals surface area contributed by atoms with Crippen LogP contribution in [0.1, 0.15) is 24.0 Å². The van der Waals surface area contributed by atoms with Gasteiger partial charge in [0.25, 0.3) is 0 Å². The van der Waals surface area contributed by atoms with E-state index in [1.165, 1.54) is 5.56 Å². The summed E-state index contributed by atoms with van der Waals surface area (Å²) in [6, 6.07) is 9.96. The summed E-state index contributed by atoms with van der Waals surface area (Å²) in [4.78, 5) is 23.5. The molecule has 2 amide bonds. The van der Waals surface area contributed by atoms with Gasteiger partial charge in [-0.05, 0) is 56.4 Å². The molecule has 4 rings (SSSR count). The maximum atomic E-state index is 12.7. The Bertz CT molecular complexity index is 964. The van der Waals surface area contributed by atoms with Gasteiger partial charge in [0.05, 0.1) is 6.33 Å². The van der Waals surface area contributed by atoms with E-state index in [0.717, 1.165) is 54.9 Å². The fourth-order valence-corrected chi connectivity index (χ4v) is 3.86. The van der Waals surface area contributed by atoms with Crippen LogP contribution < -0.4 is 5.32 Å². The Kier molecular flexibility index (Phi) is 4.79. The molecule has 3 aromatic rings. The molecule has 6 heteroatoms. The largest absolute Gasteiger partial charge is 0.324 e. The van der Waals surface area contributed by atoms with Crippen molar-refractivity contribution < 1.29 is 4.79 Å². The number of likely N-dealkylation sites (tertiary alicyclic amines) is 1. The summed E-state index contributed by atoms with van der Waals surface area (Å²) in [6.07, 6.45) is 5.78. The Morgan fingerprint density at radius 1 is 1.26 bits per heavy atom. The average Bonchev–Trinajstić information content (AvgIpc) is 3.07. The van der Waals surface area contributed by atoms with Crippen LogP contribution in [0.4, 0.5) is 10.5 Å². The van der Waals surface area contributed by atoms with Gasteiger partial charge in [-0.1, -0.05) is 17.7 Å². The number of carbonyl (C=O) groups is 1. The molecule has 0 spiro atoms. The molecule has 1 aliphatic rings. The number of anilines is 1. The van der Waals surface area contributed by atoms with Crippen molar-refractivity contribution >= 4 is 22.9 Å². The summed E-state index contributed by atoms with van der Waals surface area (Å²) in [5.74, 6) is 0.406. The number of fused-ring (bicyclic) bond motifs is 1. The minimum absolute atomic E-state index is 0.0136. The van der Waals surface area contributed by atoms with Gasteiger partial charge in [-0.2, -0.15) is 0 Å². The summed E-state index contributed by atoms with van der Waals surface area (Å²) in [5, 5.41) is 3.07. The Hall–Kier alpha value is -2.89. The maximum Gasteiger partial charge on any atom is 0.321 e. The van der Waals surface area contributed by atoms with Gasteiger partial charge in [0.15, 0.2) is 5.65 Å². The molecule has 2 aromatic heterocycles. The third-order valence-electron chi connectivity index (χ3n) is 5.26. The SMILES string of the molecule is Cc1ccc(NC(=O)N2CCC[C@H](Cn3cnc4cccnc43)C2)c(C)c1. The lowest BCUT2D eigenvalue weighted by atomic mass is 9.98. The molecule has 1 aliphatic heterocycles. The van der Waals surface area contributed by atoms with E-state index in [4.69, 9.17) is 0 Å². The summed E-state index contributed by atoms with van der Waals surface area (Å²) >= 11 is 0. The van der Waals surface area contributed by atoms with E-state index in [9.17, 15) is 4.79 Å². The van der Waals surface area contributed by atoms with Gasteiger partial charge in [0.1, 0.15) is 5.52 Å². The van der Waals surface area contributed by atoms with Crippen molar-refractivity contribution in [1.82, 2.24) is 19.4 Å². The number of nitrogens with zero attached hydrogens (tertiary/aromatic N) is 4. The summed E-state index contributed by atoms with van der Waals surface area (Å²) in [6.45, 7) is 6.47. The van der Waals surface area contributed by atoms with Gasteiger partial charge in [-0.3, -0.25) is 0 Å². The Morgan fingerprint density at radius 3 is 3.00 bits per heavy atom. The van der Waals surface area contributed by atoms with Gasteiger partial charge < -0.3 is 14.8 Å². The van der Waals surface area contributed by atoms with E-state index in [-0.39, 0.29) is 6.03 Å². The Labute approximate surface area is 159 Å². The third kappa shape index (κ3) is 3.79. The number of benzene rings is 1. The fraction of sp³-hybridized carbons (Fsp3) is 0.381. The molecule has 3 heterocycles. The number of urea groups is 1. The van der Waals surface area contributed by atoms with E-state index < -0.39 is 0 Å². The second-order valence-electron chi connectivity index (χ2n) is 7.45. The number of pyridine rings is 1. The van der Waals surface area contributed by atoms with E-state index in [1.54, 1.807) is 6.20 Å². The second-order valence-corrected chi connectivity index (χ2v) is 7.45. The van der Waals surface area contributed by atoms with Crippen LogP contribution in [0.15, 0.2) is 42.9 Å². The van der Waals surface area contributed by atoms with Crippen LogP contribution in [0, 0.1) is 19.8 Å². The van der Waals surface area contributed by atoms with Gasteiger partial charge in [0.2, 0.25) is 0 Å². The molecule has 0 radical (unpaired) electrons. The predicted molar refractivity (Wildman–Crippen MR) is 107 cm³/mol. The van der Waals surface area contributed by atoms with E-state index in [2.05, 4.69) is 32.8 Å². The number of piperidine rings is 1. The molecule has 27 heavy (non-hydrogen) atoms. The molecule has 0 unspecified atom stereocenters. The van der Waals surface area contributed by atoms with Crippen molar-refractivity contribution in [3.63, 3.8) is 0 Å². The topological polar surface area (TPSA) is 63.1 Å². The van der Waals surface area contributed by atoms with Crippen LogP contribution in [-0.4, -0.2) is 38.6 Å². The van der Waals surface area contributed by atoms with Crippen molar-refractivity contribution in [2.75, 3.05) is 18.4 Å². The lowest BCUT2D eigenvalue weighted by molar-refractivity contribution is 0.171. The van der Waals surface area contributed by atoms with Gasteiger partial charge in [0, 0.05) is 31.5 Å². The van der Waals surface area contributed by atoms with Crippen LogP contribution in [0.3, 0.4) is 0 Å². The maximum absolute atomic E-state index is 12.7. The molecular formula is C21H25N5O. The highest BCUT2D eigenvalue weighted by Gasteiger charge is 2.24. The number of aryl methyl sites for hydroxylation is 2. The quantitative estimate of drug-likeness (QED) is 0.765. The zero-order valence-corrected chi connectivity index (χ0v) is 15.9. The highest BCUT2D eigenvalue weighted by molar-refractivity contribution is 5.90. The van der Waals surface area contributed by atoms with Crippen LogP contribution in [-0.2, 0) is 6.54 Å². The number of rotatable bonds is 3. The number of hydrogen-bond acceptors (Lipinski definition) is 3. The van der Waals surface area contributed by atoms with Crippen molar-refractivity contribution in [2.45, 2.75) is 33.2 Å². The molecule has 6 nitrogen and oxygen atoms in total. The molecule has 140 valence electrons. The van der Waals surface area contributed by atoms with Crippen molar-refractivity contribution in [2.24, 2.45) is 5.92 Å². The zero-order chi connectivity index (χ0) is 18.8. The van der Waals surface area contributed by atoms with E-state index in [0.29, 0.717) is 5.92 Å². The number of hydrogen-bond donors (Lipinski definition) is 1. The minimum atomic E-state index is -0.0136. The summed E-state index contributed by atoms with van der Waals surface area (Å²) in [7, 11) is 0. The molecule has 1 saturated heterocycles. The smallest absolute Gasteiger partial charge is 0.321 e. The van der Waals surface area contributed by atoms with Gasteiger partial charge in [-0.25, -0.2) is 14.8 Å². The normalized spacial score (nSPS) is 17.3. The first-order chi connectivity index (χ1) is 13.1. The first-order valence-corrected chi connectivity index (χ1v) is 9.49. The molecule has 0 bridgehead atoms. The number of carbonyl (C=O) groups excluding carboxylic acids is 1.